The lowest BCUT2D eigenvalue weighted by Crippen LogP contribution is -2.19. The number of aryl methyl sites for hydroxylation is 1. The van der Waals surface area contributed by atoms with Crippen molar-refractivity contribution >= 4 is 0 Å². The zero-order chi connectivity index (χ0) is 11.0. The molecule has 82 valence electrons. The molecule has 1 fully saturated rings. The van der Waals surface area contributed by atoms with Crippen LogP contribution in [0.1, 0.15) is 30.5 Å². The molecule has 0 aliphatic heterocycles. The smallest absolute Gasteiger partial charge is 0.126 e. The molecule has 15 heavy (non-hydrogen) atoms. The highest BCUT2D eigenvalue weighted by molar-refractivity contribution is 5.28. The van der Waals surface area contributed by atoms with E-state index in [9.17, 15) is 4.39 Å². The van der Waals surface area contributed by atoms with Crippen molar-refractivity contribution < 1.29 is 4.39 Å². The zero-order valence-corrected chi connectivity index (χ0v) is 9.55. The van der Waals surface area contributed by atoms with E-state index < -0.39 is 0 Å². The molecule has 0 bridgehead atoms. The van der Waals surface area contributed by atoms with Crippen LogP contribution in [0.3, 0.4) is 0 Å². The fourth-order valence-corrected chi connectivity index (χ4v) is 2.30. The van der Waals surface area contributed by atoms with E-state index in [-0.39, 0.29) is 5.82 Å². The molecular formula is C13H18FN. The van der Waals surface area contributed by atoms with E-state index in [1.807, 2.05) is 26.1 Å². The summed E-state index contributed by atoms with van der Waals surface area (Å²) in [6.45, 7) is 4.09. The van der Waals surface area contributed by atoms with Crippen LogP contribution in [-0.4, -0.2) is 7.05 Å². The molecule has 1 N–H and O–H groups in total. The number of hydrogen-bond donors (Lipinski definition) is 1. The van der Waals surface area contributed by atoms with Crippen molar-refractivity contribution in [1.82, 2.24) is 5.32 Å². The van der Waals surface area contributed by atoms with Gasteiger partial charge in [0.2, 0.25) is 0 Å². The predicted molar refractivity (Wildman–Crippen MR) is 60.2 cm³/mol. The molecule has 1 aliphatic carbocycles. The van der Waals surface area contributed by atoms with E-state index >= 15 is 0 Å². The summed E-state index contributed by atoms with van der Waals surface area (Å²) in [5.74, 6) is 1.41. The van der Waals surface area contributed by atoms with Crippen LogP contribution in [0.5, 0.6) is 0 Å². The second kappa shape index (κ2) is 3.93. The van der Waals surface area contributed by atoms with Crippen LogP contribution in [0, 0.1) is 24.6 Å². The maximum absolute atomic E-state index is 13.1. The lowest BCUT2D eigenvalue weighted by molar-refractivity contribution is 0.502. The first-order chi connectivity index (χ1) is 7.13. The number of nitrogens with one attached hydrogen (secondary N) is 1. The number of rotatable bonds is 3. The zero-order valence-electron chi connectivity index (χ0n) is 9.55. The molecule has 3 unspecified atom stereocenters. The fourth-order valence-electron chi connectivity index (χ4n) is 2.30. The lowest BCUT2D eigenvalue weighted by Gasteiger charge is -2.17. The molecule has 1 saturated carbocycles. The second-order valence-electron chi connectivity index (χ2n) is 4.65. The summed E-state index contributed by atoms with van der Waals surface area (Å²) >= 11 is 0. The Morgan fingerprint density at radius 2 is 2.13 bits per heavy atom. The maximum atomic E-state index is 13.1. The van der Waals surface area contributed by atoms with Crippen molar-refractivity contribution in [3.8, 4) is 0 Å². The van der Waals surface area contributed by atoms with Crippen LogP contribution in [-0.2, 0) is 0 Å². The number of halogens is 1. The van der Waals surface area contributed by atoms with Gasteiger partial charge in [-0.1, -0.05) is 19.1 Å². The molecule has 0 spiro atoms. The van der Waals surface area contributed by atoms with E-state index in [0.29, 0.717) is 6.04 Å². The summed E-state index contributed by atoms with van der Waals surface area (Å²) in [4.78, 5) is 0. The van der Waals surface area contributed by atoms with E-state index in [2.05, 4.69) is 12.2 Å². The summed E-state index contributed by atoms with van der Waals surface area (Å²) in [5.41, 5.74) is 1.95. The van der Waals surface area contributed by atoms with Gasteiger partial charge >= 0.3 is 0 Å². The van der Waals surface area contributed by atoms with Crippen LogP contribution in [0.25, 0.3) is 0 Å². The topological polar surface area (TPSA) is 12.0 Å². The molecule has 1 aliphatic rings. The molecule has 1 aromatic carbocycles. The van der Waals surface area contributed by atoms with E-state index in [4.69, 9.17) is 0 Å². The van der Waals surface area contributed by atoms with Gasteiger partial charge in [0.25, 0.3) is 0 Å². The Bertz CT molecular complexity index is 362. The highest BCUT2D eigenvalue weighted by atomic mass is 19.1. The summed E-state index contributed by atoms with van der Waals surface area (Å²) in [6.07, 6.45) is 1.28. The lowest BCUT2D eigenvalue weighted by atomic mass is 9.99. The molecule has 0 amide bonds. The normalized spacial score (nSPS) is 26.4. The molecular weight excluding hydrogens is 189 g/mol. The van der Waals surface area contributed by atoms with Crippen LogP contribution < -0.4 is 5.32 Å². The predicted octanol–water partition coefficient (Wildman–Crippen LogP) is 3.05. The summed E-state index contributed by atoms with van der Waals surface area (Å²) in [7, 11) is 1.98. The Hall–Kier alpha value is -0.890. The summed E-state index contributed by atoms with van der Waals surface area (Å²) < 4.78 is 13.1. The van der Waals surface area contributed by atoms with Crippen molar-refractivity contribution in [3.05, 3.63) is 35.1 Å². The van der Waals surface area contributed by atoms with Gasteiger partial charge in [0.1, 0.15) is 5.82 Å². The van der Waals surface area contributed by atoms with E-state index in [0.717, 1.165) is 17.4 Å². The minimum absolute atomic E-state index is 0.113. The first-order valence-electron chi connectivity index (χ1n) is 5.56. The Labute approximate surface area is 90.7 Å². The molecule has 0 heterocycles. The summed E-state index contributed by atoms with van der Waals surface area (Å²) in [6, 6.07) is 5.82. The van der Waals surface area contributed by atoms with Crippen LogP contribution in [0.4, 0.5) is 4.39 Å². The third kappa shape index (κ3) is 2.05. The minimum Gasteiger partial charge on any atom is -0.313 e. The molecule has 2 rings (SSSR count). The monoisotopic (exact) mass is 207 g/mol. The van der Waals surface area contributed by atoms with Gasteiger partial charge in [-0.3, -0.25) is 0 Å². The van der Waals surface area contributed by atoms with Gasteiger partial charge in [-0.15, -0.1) is 0 Å². The second-order valence-corrected chi connectivity index (χ2v) is 4.65. The van der Waals surface area contributed by atoms with Gasteiger partial charge in [0, 0.05) is 6.04 Å². The molecule has 0 aromatic heterocycles. The highest BCUT2D eigenvalue weighted by Crippen LogP contribution is 2.46. The van der Waals surface area contributed by atoms with Crippen molar-refractivity contribution in [2.45, 2.75) is 26.3 Å². The molecule has 1 nitrogen and oxygen atoms in total. The average Bonchev–Trinajstić information content (AvgIpc) is 2.90. The van der Waals surface area contributed by atoms with Gasteiger partial charge < -0.3 is 5.32 Å². The van der Waals surface area contributed by atoms with Gasteiger partial charge in [-0.25, -0.2) is 4.39 Å². The van der Waals surface area contributed by atoms with E-state index in [1.165, 1.54) is 12.0 Å². The maximum Gasteiger partial charge on any atom is 0.126 e. The number of benzene rings is 1. The minimum atomic E-state index is -0.113. The van der Waals surface area contributed by atoms with Gasteiger partial charge in [0.15, 0.2) is 0 Å². The number of hydrogen-bond acceptors (Lipinski definition) is 1. The molecule has 2 heteroatoms. The van der Waals surface area contributed by atoms with Gasteiger partial charge in [0.05, 0.1) is 0 Å². The molecule has 1 aromatic rings. The Kier molecular flexibility index (Phi) is 2.79. The molecule has 0 radical (unpaired) electrons. The van der Waals surface area contributed by atoms with Crippen molar-refractivity contribution in [3.63, 3.8) is 0 Å². The largest absolute Gasteiger partial charge is 0.313 e. The molecule has 3 atom stereocenters. The summed E-state index contributed by atoms with van der Waals surface area (Å²) in [5, 5.41) is 3.33. The SMILES string of the molecule is CNC(c1ccc(F)c(C)c1)C1CC1C. The van der Waals surface area contributed by atoms with Crippen LogP contribution in [0.15, 0.2) is 18.2 Å². The standard InChI is InChI=1S/C13H18FN/c1-8-7-11(8)13(15-3)10-4-5-12(14)9(2)6-10/h4-6,8,11,13,15H,7H2,1-3H3. The Morgan fingerprint density at radius 3 is 2.60 bits per heavy atom. The van der Waals surface area contributed by atoms with Crippen LogP contribution in [0.2, 0.25) is 0 Å². The highest BCUT2D eigenvalue weighted by Gasteiger charge is 2.39. The van der Waals surface area contributed by atoms with Crippen LogP contribution >= 0.6 is 0 Å². The molecule has 0 saturated heterocycles. The first-order valence-corrected chi connectivity index (χ1v) is 5.56. The Morgan fingerprint density at radius 1 is 1.47 bits per heavy atom. The van der Waals surface area contributed by atoms with Gasteiger partial charge in [-0.05, 0) is 49.4 Å². The third-order valence-electron chi connectivity index (χ3n) is 3.45. The quantitative estimate of drug-likeness (QED) is 0.803. The first kappa shape index (κ1) is 10.6. The Balaban J connectivity index is 2.23. The van der Waals surface area contributed by atoms with Gasteiger partial charge in [-0.2, -0.15) is 0 Å². The van der Waals surface area contributed by atoms with Crippen molar-refractivity contribution in [1.29, 1.82) is 0 Å². The van der Waals surface area contributed by atoms with Crippen molar-refractivity contribution in [2.75, 3.05) is 7.05 Å². The van der Waals surface area contributed by atoms with Crippen molar-refractivity contribution in [2.24, 2.45) is 11.8 Å². The van der Waals surface area contributed by atoms with E-state index in [1.54, 1.807) is 6.07 Å². The fraction of sp³-hybridized carbons (Fsp3) is 0.538. The average molecular weight is 207 g/mol. The third-order valence-corrected chi connectivity index (χ3v) is 3.45.